The van der Waals surface area contributed by atoms with Gasteiger partial charge in [0.05, 0.1) is 11.0 Å². The van der Waals surface area contributed by atoms with Crippen molar-refractivity contribution in [3.63, 3.8) is 0 Å². The number of imidazole rings is 1. The number of hydrogen-bond acceptors (Lipinski definition) is 2. The Labute approximate surface area is 151 Å². The van der Waals surface area contributed by atoms with Gasteiger partial charge in [-0.05, 0) is 24.2 Å². The second kappa shape index (κ2) is 6.69. The normalized spacial score (nSPS) is 11.9. The molecule has 1 radical (unpaired) electrons. The number of hydrogen-bond donors (Lipinski definition) is 1. The molecular formula is C15H10ClN2O2Y-. The number of benzene rings is 2. The molecule has 1 unspecified atom stereocenters. The monoisotopic (exact) mass is 374 g/mol. The third kappa shape index (κ3) is 3.03. The van der Waals surface area contributed by atoms with E-state index in [1.165, 1.54) is 4.57 Å². The number of fused-ring (bicyclic) bond motifs is 1. The Morgan fingerprint density at radius 1 is 1.14 bits per heavy atom. The van der Waals surface area contributed by atoms with Crippen molar-refractivity contribution < 1.29 is 37.5 Å². The summed E-state index contributed by atoms with van der Waals surface area (Å²) in [6, 6.07) is 13.3. The third-order valence-corrected chi connectivity index (χ3v) is 3.40. The SMILES string of the molecule is O=[C-]C(c1ccccc1)n1c(=O)[nH]c2cc(Cl)ccc21.[Y]. The largest absolute Gasteiger partial charge is 0.540 e. The average Bonchev–Trinajstić information content (AvgIpc) is 2.77. The summed E-state index contributed by atoms with van der Waals surface area (Å²) >= 11 is 5.90. The van der Waals surface area contributed by atoms with Crippen molar-refractivity contribution in [1.29, 1.82) is 0 Å². The van der Waals surface area contributed by atoms with Crippen LogP contribution in [0.2, 0.25) is 5.02 Å². The number of H-pyrrole nitrogens is 1. The fourth-order valence-corrected chi connectivity index (χ4v) is 2.44. The number of carbonyl (C=O) groups excluding carboxylic acids is 1. The van der Waals surface area contributed by atoms with Crippen LogP contribution in [0.25, 0.3) is 11.0 Å². The molecular weight excluding hydrogens is 365 g/mol. The van der Waals surface area contributed by atoms with Crippen molar-refractivity contribution in [3.05, 3.63) is 69.6 Å². The molecule has 0 aliphatic rings. The first-order valence-electron chi connectivity index (χ1n) is 6.03. The minimum Gasteiger partial charge on any atom is -0.540 e. The van der Waals surface area contributed by atoms with Crippen LogP contribution >= 0.6 is 11.6 Å². The standard InChI is InChI=1S/C15H10ClN2O2.Y/c16-11-6-7-13-12(8-11)17-15(20)18(13)14(9-19)10-4-2-1-3-5-10;/h1-8,14H,(H,17,20);/q-1;. The summed E-state index contributed by atoms with van der Waals surface area (Å²) in [7, 11) is 0. The van der Waals surface area contributed by atoms with Crippen LogP contribution in [0.4, 0.5) is 0 Å². The second-order valence-corrected chi connectivity index (χ2v) is 4.83. The van der Waals surface area contributed by atoms with Gasteiger partial charge in [0.2, 0.25) is 0 Å². The molecule has 0 aliphatic heterocycles. The summed E-state index contributed by atoms with van der Waals surface area (Å²) in [6.45, 7) is 0. The predicted molar refractivity (Wildman–Crippen MR) is 77.8 cm³/mol. The Kier molecular flexibility index (Phi) is 5.15. The maximum atomic E-state index is 12.1. The first-order chi connectivity index (χ1) is 9.70. The number of nitrogens with zero attached hydrogens (tertiary/aromatic N) is 1. The van der Waals surface area contributed by atoms with Gasteiger partial charge in [0.25, 0.3) is 0 Å². The van der Waals surface area contributed by atoms with E-state index in [9.17, 15) is 9.59 Å². The van der Waals surface area contributed by atoms with Crippen molar-refractivity contribution >= 4 is 28.9 Å². The summed E-state index contributed by atoms with van der Waals surface area (Å²) in [5.41, 5.74) is 1.57. The van der Waals surface area contributed by atoms with Gasteiger partial charge in [0.1, 0.15) is 0 Å². The van der Waals surface area contributed by atoms with E-state index in [-0.39, 0.29) is 38.4 Å². The van der Waals surface area contributed by atoms with E-state index in [4.69, 9.17) is 11.6 Å². The molecule has 0 amide bonds. The zero-order chi connectivity index (χ0) is 14.1. The van der Waals surface area contributed by atoms with Crippen LogP contribution in [-0.2, 0) is 37.5 Å². The molecule has 1 atom stereocenters. The molecule has 6 heteroatoms. The molecule has 0 fully saturated rings. The quantitative estimate of drug-likeness (QED) is 0.717. The summed E-state index contributed by atoms with van der Waals surface area (Å²) in [6.07, 6.45) is 1.93. The fraction of sp³-hybridized carbons (Fsp3) is 0.0667. The van der Waals surface area contributed by atoms with E-state index in [1.54, 1.807) is 30.3 Å². The van der Waals surface area contributed by atoms with Gasteiger partial charge in [-0.2, -0.15) is 0 Å². The molecule has 0 aliphatic carbocycles. The maximum Gasteiger partial charge on any atom is 0.324 e. The van der Waals surface area contributed by atoms with Gasteiger partial charge in [0, 0.05) is 37.7 Å². The Balaban J connectivity index is 0.00000161. The maximum absolute atomic E-state index is 12.1. The zero-order valence-corrected chi connectivity index (χ0v) is 14.5. The van der Waals surface area contributed by atoms with Gasteiger partial charge in [-0.3, -0.25) is 0 Å². The first-order valence-corrected chi connectivity index (χ1v) is 6.41. The van der Waals surface area contributed by atoms with E-state index in [1.807, 2.05) is 24.5 Å². The van der Waals surface area contributed by atoms with Gasteiger partial charge in [-0.15, -0.1) is 0 Å². The number of aromatic amines is 1. The first kappa shape index (κ1) is 16.1. The fourth-order valence-electron chi connectivity index (χ4n) is 2.26. The molecule has 1 heterocycles. The van der Waals surface area contributed by atoms with Gasteiger partial charge in [-0.25, -0.2) is 11.1 Å². The van der Waals surface area contributed by atoms with Crippen molar-refractivity contribution in [2.24, 2.45) is 0 Å². The molecule has 0 saturated heterocycles. The van der Waals surface area contributed by atoms with Gasteiger partial charge < -0.3 is 14.3 Å². The Morgan fingerprint density at radius 2 is 1.86 bits per heavy atom. The molecule has 0 bridgehead atoms. The Morgan fingerprint density at radius 3 is 2.52 bits per heavy atom. The summed E-state index contributed by atoms with van der Waals surface area (Å²) in [5.74, 6) is 0. The predicted octanol–water partition coefficient (Wildman–Crippen LogP) is 2.68. The molecule has 1 N–H and O–H groups in total. The average molecular weight is 375 g/mol. The van der Waals surface area contributed by atoms with Gasteiger partial charge in [-0.1, -0.05) is 47.5 Å². The van der Waals surface area contributed by atoms with E-state index >= 15 is 0 Å². The molecule has 103 valence electrons. The van der Waals surface area contributed by atoms with Gasteiger partial charge >= 0.3 is 5.69 Å². The van der Waals surface area contributed by atoms with Crippen molar-refractivity contribution in [1.82, 2.24) is 9.55 Å². The molecule has 3 rings (SSSR count). The van der Waals surface area contributed by atoms with Crippen molar-refractivity contribution in [3.8, 4) is 0 Å². The number of halogens is 1. The van der Waals surface area contributed by atoms with Crippen molar-refractivity contribution in [2.75, 3.05) is 0 Å². The van der Waals surface area contributed by atoms with E-state index in [0.29, 0.717) is 21.6 Å². The molecule has 0 saturated carbocycles. The topological polar surface area (TPSA) is 54.9 Å². The molecule has 4 nitrogen and oxygen atoms in total. The van der Waals surface area contributed by atoms with Crippen LogP contribution in [0.5, 0.6) is 0 Å². The van der Waals surface area contributed by atoms with Crippen molar-refractivity contribution in [2.45, 2.75) is 6.04 Å². The van der Waals surface area contributed by atoms with Crippen LogP contribution in [0.3, 0.4) is 0 Å². The number of aromatic nitrogens is 2. The van der Waals surface area contributed by atoms with E-state index < -0.39 is 6.04 Å². The van der Waals surface area contributed by atoms with Crippen LogP contribution in [-0.4, -0.2) is 15.8 Å². The van der Waals surface area contributed by atoms with Crippen LogP contribution < -0.4 is 5.69 Å². The smallest absolute Gasteiger partial charge is 0.324 e. The minimum atomic E-state index is -0.779. The third-order valence-electron chi connectivity index (χ3n) is 3.16. The summed E-state index contributed by atoms with van der Waals surface area (Å²) < 4.78 is 1.38. The summed E-state index contributed by atoms with van der Waals surface area (Å²) in [5, 5.41) is 0.525. The Bertz CT molecular complexity index is 827. The summed E-state index contributed by atoms with van der Waals surface area (Å²) in [4.78, 5) is 26.1. The zero-order valence-electron chi connectivity index (χ0n) is 10.9. The van der Waals surface area contributed by atoms with Crippen LogP contribution in [0.1, 0.15) is 11.6 Å². The molecule has 0 spiro atoms. The van der Waals surface area contributed by atoms with Gasteiger partial charge in [0.15, 0.2) is 0 Å². The van der Waals surface area contributed by atoms with E-state index in [0.717, 1.165) is 0 Å². The molecule has 1 aromatic heterocycles. The molecule has 2 aromatic carbocycles. The Hall–Kier alpha value is -1.23. The molecule has 21 heavy (non-hydrogen) atoms. The second-order valence-electron chi connectivity index (χ2n) is 4.39. The van der Waals surface area contributed by atoms with E-state index in [2.05, 4.69) is 4.98 Å². The number of nitrogens with one attached hydrogen (secondary N) is 1. The number of rotatable bonds is 3. The minimum absolute atomic E-state index is 0. The van der Waals surface area contributed by atoms with Crippen LogP contribution in [0.15, 0.2) is 53.3 Å². The molecule has 3 aromatic rings. The van der Waals surface area contributed by atoms with Crippen LogP contribution in [0, 0.1) is 0 Å².